The van der Waals surface area contributed by atoms with E-state index >= 15 is 0 Å². The molecular weight excluding hydrogens is 402 g/mol. The Kier molecular flexibility index (Phi) is 5.89. The molecule has 0 unspecified atom stereocenters. The number of para-hydroxylation sites is 1. The van der Waals surface area contributed by atoms with Crippen LogP contribution >= 0.6 is 0 Å². The second kappa shape index (κ2) is 9.09. The summed E-state index contributed by atoms with van der Waals surface area (Å²) in [6.45, 7) is 5.42. The lowest BCUT2D eigenvalue weighted by molar-refractivity contribution is -0.114. The number of hydrogen-bond acceptors (Lipinski definition) is 5. The average molecular weight is 423 g/mol. The Morgan fingerprint density at radius 3 is 2.47 bits per heavy atom. The number of hydrogen-bond donors (Lipinski definition) is 3. The lowest BCUT2D eigenvalue weighted by Crippen LogP contribution is -2.36. The van der Waals surface area contributed by atoms with Crippen molar-refractivity contribution in [2.75, 3.05) is 5.32 Å². The molecule has 0 spiro atoms. The first kappa shape index (κ1) is 20.7. The van der Waals surface area contributed by atoms with Gasteiger partial charge in [-0.25, -0.2) is 4.98 Å². The maximum Gasteiger partial charge on any atom is 0.270 e. The molecule has 4 rings (SSSR count). The van der Waals surface area contributed by atoms with Gasteiger partial charge < -0.3 is 5.32 Å². The van der Waals surface area contributed by atoms with Crippen molar-refractivity contribution in [1.29, 1.82) is 0 Å². The van der Waals surface area contributed by atoms with E-state index in [4.69, 9.17) is 0 Å². The second-order valence-corrected chi connectivity index (χ2v) is 7.11. The van der Waals surface area contributed by atoms with Crippen LogP contribution in [0.15, 0.2) is 85.6 Å². The molecule has 0 saturated heterocycles. The maximum absolute atomic E-state index is 13.1. The molecule has 7 nitrogen and oxygen atoms in total. The van der Waals surface area contributed by atoms with Gasteiger partial charge >= 0.3 is 0 Å². The number of amides is 2. The highest BCUT2D eigenvalue weighted by atomic mass is 16.2. The number of anilines is 1. The summed E-state index contributed by atoms with van der Waals surface area (Å²) in [6, 6.07) is 21.9. The van der Waals surface area contributed by atoms with Gasteiger partial charge in [-0.05, 0) is 36.4 Å². The molecule has 4 aromatic rings. The Morgan fingerprint density at radius 2 is 1.69 bits per heavy atom. The van der Waals surface area contributed by atoms with Crippen molar-refractivity contribution in [3.05, 3.63) is 96.7 Å². The molecule has 2 heterocycles. The summed E-state index contributed by atoms with van der Waals surface area (Å²) in [4.78, 5) is 33.4. The van der Waals surface area contributed by atoms with Crippen LogP contribution in [0.1, 0.15) is 22.8 Å². The highest BCUT2D eigenvalue weighted by Gasteiger charge is 2.14. The molecule has 0 aliphatic rings. The van der Waals surface area contributed by atoms with Crippen LogP contribution in [0.5, 0.6) is 0 Å². The number of rotatable bonds is 6. The van der Waals surface area contributed by atoms with E-state index in [0.717, 1.165) is 10.9 Å². The van der Waals surface area contributed by atoms with Crippen LogP contribution < -0.4 is 16.2 Å². The predicted octanol–water partition coefficient (Wildman–Crippen LogP) is 4.16. The molecule has 3 N–H and O–H groups in total. The third-order valence-electron chi connectivity index (χ3n) is 4.75. The first-order chi connectivity index (χ1) is 15.5. The minimum Gasteiger partial charge on any atom is -0.326 e. The second-order valence-electron chi connectivity index (χ2n) is 7.11. The van der Waals surface area contributed by atoms with E-state index < -0.39 is 0 Å². The summed E-state index contributed by atoms with van der Waals surface area (Å²) in [5.74, 6) is -0.498. The van der Waals surface area contributed by atoms with Crippen molar-refractivity contribution in [2.24, 2.45) is 0 Å². The minimum absolute atomic E-state index is 0.165. The monoisotopic (exact) mass is 423 g/mol. The number of benzene rings is 2. The molecular formula is C25H21N5O2. The van der Waals surface area contributed by atoms with Crippen LogP contribution in [0.4, 0.5) is 5.69 Å². The predicted molar refractivity (Wildman–Crippen MR) is 125 cm³/mol. The number of carbonyl (C=O) groups is 2. The minimum atomic E-state index is -0.333. The fraction of sp³-hybridized carbons (Fsp3) is 0.0400. The molecule has 0 radical (unpaired) electrons. The van der Waals surface area contributed by atoms with Crippen molar-refractivity contribution < 1.29 is 9.59 Å². The van der Waals surface area contributed by atoms with Gasteiger partial charge in [0.15, 0.2) is 0 Å². The highest BCUT2D eigenvalue weighted by molar-refractivity contribution is 6.07. The summed E-state index contributed by atoms with van der Waals surface area (Å²) in [7, 11) is 0. The number of nitrogens with one attached hydrogen (secondary N) is 3. The van der Waals surface area contributed by atoms with Gasteiger partial charge in [0.2, 0.25) is 5.91 Å². The first-order valence-electron chi connectivity index (χ1n) is 9.96. The van der Waals surface area contributed by atoms with E-state index in [0.29, 0.717) is 33.9 Å². The van der Waals surface area contributed by atoms with E-state index in [1.165, 1.54) is 6.92 Å². The maximum atomic E-state index is 13.1. The van der Waals surface area contributed by atoms with Gasteiger partial charge in [-0.15, -0.1) is 0 Å². The van der Waals surface area contributed by atoms with Gasteiger partial charge in [0, 0.05) is 29.8 Å². The molecule has 7 heteroatoms. The topological polar surface area (TPSA) is 96.0 Å². The van der Waals surface area contributed by atoms with Crippen LogP contribution in [-0.4, -0.2) is 21.8 Å². The van der Waals surface area contributed by atoms with E-state index in [1.807, 2.05) is 48.5 Å². The van der Waals surface area contributed by atoms with E-state index in [9.17, 15) is 9.59 Å². The van der Waals surface area contributed by atoms with Crippen molar-refractivity contribution in [3.63, 3.8) is 0 Å². The Hall–Kier alpha value is -4.52. The first-order valence-corrected chi connectivity index (χ1v) is 9.96. The van der Waals surface area contributed by atoms with E-state index in [1.54, 1.807) is 30.5 Å². The molecule has 158 valence electrons. The molecule has 0 saturated carbocycles. The van der Waals surface area contributed by atoms with Gasteiger partial charge in [0.25, 0.3) is 5.91 Å². The zero-order valence-electron chi connectivity index (χ0n) is 17.4. The molecule has 0 bridgehead atoms. The normalized spacial score (nSPS) is 10.4. The zero-order chi connectivity index (χ0) is 22.5. The standard InChI is InChI=1S/C25H21N5O2/c1-16(18-8-7-9-19(14-18)27-17(2)31)29-30-25(32)21-15-24(23-12-5-6-13-26-23)28-22-11-4-3-10-20(21)22/h3-15,29H,1H2,2H3,(H,27,31)(H,30,32). The molecule has 2 amide bonds. The summed E-state index contributed by atoms with van der Waals surface area (Å²) < 4.78 is 0. The molecule has 0 fully saturated rings. The number of fused-ring (bicyclic) bond motifs is 1. The quantitative estimate of drug-likeness (QED) is 0.405. The lowest BCUT2D eigenvalue weighted by Gasteiger charge is -2.14. The van der Waals surface area contributed by atoms with Crippen molar-refractivity contribution >= 4 is 34.1 Å². The molecule has 0 aliphatic carbocycles. The molecule has 2 aromatic heterocycles. The number of pyridine rings is 2. The Labute approximate surface area is 185 Å². The van der Waals surface area contributed by atoms with Gasteiger partial charge in [0.1, 0.15) is 0 Å². The van der Waals surface area contributed by atoms with Crippen LogP contribution in [-0.2, 0) is 4.79 Å². The molecule has 0 aliphatic heterocycles. The molecule has 2 aromatic carbocycles. The highest BCUT2D eigenvalue weighted by Crippen LogP contribution is 2.23. The Morgan fingerprint density at radius 1 is 0.875 bits per heavy atom. The number of aromatic nitrogens is 2. The fourth-order valence-corrected chi connectivity index (χ4v) is 3.27. The fourth-order valence-electron chi connectivity index (χ4n) is 3.27. The van der Waals surface area contributed by atoms with Crippen molar-refractivity contribution in [3.8, 4) is 11.4 Å². The molecule has 32 heavy (non-hydrogen) atoms. The van der Waals surface area contributed by atoms with Crippen molar-refractivity contribution in [1.82, 2.24) is 20.8 Å². The van der Waals surface area contributed by atoms with Gasteiger partial charge in [-0.1, -0.05) is 43.0 Å². The van der Waals surface area contributed by atoms with Gasteiger partial charge in [-0.3, -0.25) is 25.4 Å². The van der Waals surface area contributed by atoms with E-state index in [2.05, 4.69) is 32.7 Å². The smallest absolute Gasteiger partial charge is 0.270 e. The van der Waals surface area contributed by atoms with Crippen LogP contribution in [0.3, 0.4) is 0 Å². The summed E-state index contributed by atoms with van der Waals surface area (Å²) in [6.07, 6.45) is 1.69. The van der Waals surface area contributed by atoms with E-state index in [-0.39, 0.29) is 11.8 Å². The largest absolute Gasteiger partial charge is 0.326 e. The molecule has 0 atom stereocenters. The van der Waals surface area contributed by atoms with Crippen LogP contribution in [0.25, 0.3) is 28.0 Å². The Balaban J connectivity index is 1.58. The van der Waals surface area contributed by atoms with Gasteiger partial charge in [0.05, 0.1) is 28.2 Å². The lowest BCUT2D eigenvalue weighted by atomic mass is 10.1. The summed E-state index contributed by atoms with van der Waals surface area (Å²) in [5, 5.41) is 3.45. The van der Waals surface area contributed by atoms with Crippen LogP contribution in [0, 0.1) is 0 Å². The number of nitrogens with zero attached hydrogens (tertiary/aromatic N) is 2. The zero-order valence-corrected chi connectivity index (χ0v) is 17.4. The SMILES string of the molecule is C=C(NNC(=O)c1cc(-c2ccccn2)nc2ccccc12)c1cccc(NC(C)=O)c1. The van der Waals surface area contributed by atoms with Crippen LogP contribution in [0.2, 0.25) is 0 Å². The summed E-state index contributed by atoms with van der Waals surface area (Å²) in [5.41, 5.74) is 9.86. The average Bonchev–Trinajstić information content (AvgIpc) is 2.82. The summed E-state index contributed by atoms with van der Waals surface area (Å²) >= 11 is 0. The number of carbonyl (C=O) groups excluding carboxylic acids is 2. The number of hydrazine groups is 1. The van der Waals surface area contributed by atoms with Gasteiger partial charge in [-0.2, -0.15) is 0 Å². The third-order valence-corrected chi connectivity index (χ3v) is 4.75. The van der Waals surface area contributed by atoms with Crippen molar-refractivity contribution in [2.45, 2.75) is 6.92 Å². The Bertz CT molecular complexity index is 1320. The third kappa shape index (κ3) is 4.62.